The third-order valence-electron chi connectivity index (χ3n) is 4.68. The van der Waals surface area contributed by atoms with Gasteiger partial charge in [-0.15, -0.1) is 0 Å². The Hall–Kier alpha value is -0.530. The Labute approximate surface area is 132 Å². The summed E-state index contributed by atoms with van der Waals surface area (Å²) in [5, 5.41) is 0. The van der Waals surface area contributed by atoms with E-state index in [1.54, 1.807) is 0 Å². The molecule has 21 heavy (non-hydrogen) atoms. The molecule has 0 bridgehead atoms. The number of rotatable bonds is 0. The van der Waals surface area contributed by atoms with Gasteiger partial charge in [-0.3, -0.25) is 4.79 Å². The molecule has 1 rings (SSSR count). The normalized spacial score (nSPS) is 26.1. The van der Waals surface area contributed by atoms with E-state index in [0.29, 0.717) is 6.61 Å². The summed E-state index contributed by atoms with van der Waals surface area (Å²) in [7, 11) is 0. The van der Waals surface area contributed by atoms with Crippen molar-refractivity contribution >= 4 is 5.97 Å². The molecule has 0 aromatic heterocycles. The quantitative estimate of drug-likeness (QED) is 0.510. The number of carbonyl (C=O) groups excluding carboxylic acids is 1. The van der Waals surface area contributed by atoms with E-state index in [9.17, 15) is 4.79 Å². The lowest BCUT2D eigenvalue weighted by atomic mass is 10.0. The van der Waals surface area contributed by atoms with Crippen LogP contribution < -0.4 is 0 Å². The zero-order chi connectivity index (χ0) is 15.2. The summed E-state index contributed by atoms with van der Waals surface area (Å²) in [6.45, 7) is 2.65. The van der Waals surface area contributed by atoms with E-state index in [2.05, 4.69) is 0 Å². The standard InChI is InChI=1S/C19H36O2/c1-18-16-14-12-10-8-6-4-2-3-5-7-9-11-13-15-17-21-19(18)20/h18H,2-17H2,1H3. The number of esters is 1. The van der Waals surface area contributed by atoms with E-state index >= 15 is 0 Å². The Bertz CT molecular complexity index is 250. The van der Waals surface area contributed by atoms with Crippen LogP contribution in [0.5, 0.6) is 0 Å². The van der Waals surface area contributed by atoms with Crippen LogP contribution in [-0.4, -0.2) is 12.6 Å². The second-order valence-corrected chi connectivity index (χ2v) is 6.81. The zero-order valence-corrected chi connectivity index (χ0v) is 14.2. The van der Waals surface area contributed by atoms with Crippen LogP contribution in [0.1, 0.15) is 103 Å². The lowest BCUT2D eigenvalue weighted by Gasteiger charge is -2.11. The van der Waals surface area contributed by atoms with Gasteiger partial charge in [-0.05, 0) is 12.8 Å². The molecule has 1 unspecified atom stereocenters. The van der Waals surface area contributed by atoms with Crippen molar-refractivity contribution in [3.8, 4) is 0 Å². The van der Waals surface area contributed by atoms with Gasteiger partial charge in [-0.25, -0.2) is 0 Å². The topological polar surface area (TPSA) is 26.3 Å². The molecule has 1 aliphatic rings. The van der Waals surface area contributed by atoms with Crippen molar-refractivity contribution in [3.05, 3.63) is 0 Å². The van der Waals surface area contributed by atoms with Gasteiger partial charge in [0.15, 0.2) is 0 Å². The molecule has 0 amide bonds. The Kier molecular flexibility index (Phi) is 11.6. The minimum atomic E-state index is 0.0212. The van der Waals surface area contributed by atoms with Crippen LogP contribution in [0.25, 0.3) is 0 Å². The second kappa shape index (κ2) is 13.2. The molecule has 1 fully saturated rings. The summed E-state index contributed by atoms with van der Waals surface area (Å²) < 4.78 is 5.38. The average Bonchev–Trinajstić information content (AvgIpc) is 2.49. The number of cyclic esters (lactones) is 1. The maximum Gasteiger partial charge on any atom is 0.308 e. The molecule has 2 nitrogen and oxygen atoms in total. The number of hydrogen-bond donors (Lipinski definition) is 0. The summed E-state index contributed by atoms with van der Waals surface area (Å²) in [5.74, 6) is 0.111. The van der Waals surface area contributed by atoms with Gasteiger partial charge in [0.25, 0.3) is 0 Å². The van der Waals surface area contributed by atoms with Crippen molar-refractivity contribution in [2.75, 3.05) is 6.61 Å². The smallest absolute Gasteiger partial charge is 0.308 e. The molecule has 0 saturated carbocycles. The van der Waals surface area contributed by atoms with Gasteiger partial charge in [-0.2, -0.15) is 0 Å². The molecule has 1 atom stereocenters. The number of ether oxygens (including phenoxy) is 1. The van der Waals surface area contributed by atoms with Gasteiger partial charge in [0, 0.05) is 0 Å². The highest BCUT2D eigenvalue weighted by Gasteiger charge is 2.13. The predicted molar refractivity (Wildman–Crippen MR) is 89.4 cm³/mol. The first-order valence-corrected chi connectivity index (χ1v) is 9.47. The second-order valence-electron chi connectivity index (χ2n) is 6.81. The molecule has 1 heterocycles. The van der Waals surface area contributed by atoms with Gasteiger partial charge < -0.3 is 4.74 Å². The molecule has 124 valence electrons. The lowest BCUT2D eigenvalue weighted by Crippen LogP contribution is -2.15. The summed E-state index contributed by atoms with van der Waals surface area (Å²) in [5.41, 5.74) is 0. The molecule has 0 N–H and O–H groups in total. The fourth-order valence-electron chi connectivity index (χ4n) is 3.11. The minimum Gasteiger partial charge on any atom is -0.465 e. The van der Waals surface area contributed by atoms with Crippen LogP contribution >= 0.6 is 0 Å². The first-order valence-electron chi connectivity index (χ1n) is 9.47. The van der Waals surface area contributed by atoms with Crippen LogP contribution in [0.4, 0.5) is 0 Å². The SMILES string of the molecule is CC1CCCCCCCCCCCCCCCCOC1=O. The van der Waals surface area contributed by atoms with Crippen molar-refractivity contribution in [2.45, 2.75) is 103 Å². The maximum absolute atomic E-state index is 11.8. The minimum absolute atomic E-state index is 0.0212. The third-order valence-corrected chi connectivity index (χ3v) is 4.68. The third kappa shape index (κ3) is 10.8. The molecule has 0 aromatic rings. The van der Waals surface area contributed by atoms with Gasteiger partial charge in [0.1, 0.15) is 0 Å². The van der Waals surface area contributed by atoms with E-state index in [0.717, 1.165) is 12.8 Å². The fourth-order valence-corrected chi connectivity index (χ4v) is 3.11. The Morgan fingerprint density at radius 2 is 1.05 bits per heavy atom. The predicted octanol–water partition coefficient (Wildman–Crippen LogP) is 6.03. The first-order chi connectivity index (χ1) is 10.3. The highest BCUT2D eigenvalue weighted by molar-refractivity contribution is 5.71. The van der Waals surface area contributed by atoms with E-state index < -0.39 is 0 Å². The molecule has 0 aromatic carbocycles. The molecular weight excluding hydrogens is 260 g/mol. The van der Waals surface area contributed by atoms with Gasteiger partial charge in [0.05, 0.1) is 12.5 Å². The summed E-state index contributed by atoms with van der Waals surface area (Å²) in [4.78, 5) is 11.8. The highest BCUT2D eigenvalue weighted by atomic mass is 16.5. The molecular formula is C19H36O2. The molecule has 2 heteroatoms. The van der Waals surface area contributed by atoms with Gasteiger partial charge in [0.2, 0.25) is 0 Å². The van der Waals surface area contributed by atoms with Gasteiger partial charge in [-0.1, -0.05) is 90.4 Å². The Morgan fingerprint density at radius 1 is 0.667 bits per heavy atom. The van der Waals surface area contributed by atoms with E-state index in [1.165, 1.54) is 83.5 Å². The first kappa shape index (κ1) is 18.5. The van der Waals surface area contributed by atoms with Crippen molar-refractivity contribution in [2.24, 2.45) is 5.92 Å². The average molecular weight is 296 g/mol. The van der Waals surface area contributed by atoms with Crippen molar-refractivity contribution in [1.82, 2.24) is 0 Å². The molecule has 0 aliphatic carbocycles. The number of hydrogen-bond acceptors (Lipinski definition) is 2. The molecule has 0 radical (unpaired) electrons. The highest BCUT2D eigenvalue weighted by Crippen LogP contribution is 2.16. The maximum atomic E-state index is 11.8. The zero-order valence-electron chi connectivity index (χ0n) is 14.2. The number of carbonyl (C=O) groups is 1. The van der Waals surface area contributed by atoms with Crippen LogP contribution in [-0.2, 0) is 9.53 Å². The van der Waals surface area contributed by atoms with Crippen LogP contribution in [0.2, 0.25) is 0 Å². The van der Waals surface area contributed by atoms with Crippen LogP contribution in [0, 0.1) is 5.92 Å². The Morgan fingerprint density at radius 3 is 1.52 bits per heavy atom. The molecule has 1 aliphatic heterocycles. The van der Waals surface area contributed by atoms with E-state index in [-0.39, 0.29) is 11.9 Å². The fraction of sp³-hybridized carbons (Fsp3) is 0.947. The van der Waals surface area contributed by atoms with Crippen molar-refractivity contribution in [3.63, 3.8) is 0 Å². The van der Waals surface area contributed by atoms with E-state index in [1.807, 2.05) is 6.92 Å². The summed E-state index contributed by atoms with van der Waals surface area (Å²) >= 11 is 0. The Balaban J connectivity index is 2.19. The monoisotopic (exact) mass is 296 g/mol. The van der Waals surface area contributed by atoms with Crippen LogP contribution in [0.15, 0.2) is 0 Å². The molecule has 0 spiro atoms. The van der Waals surface area contributed by atoms with Crippen molar-refractivity contribution < 1.29 is 9.53 Å². The molecule has 1 saturated heterocycles. The van der Waals surface area contributed by atoms with Gasteiger partial charge >= 0.3 is 5.97 Å². The largest absolute Gasteiger partial charge is 0.465 e. The van der Waals surface area contributed by atoms with Crippen molar-refractivity contribution in [1.29, 1.82) is 0 Å². The summed E-state index contributed by atoms with van der Waals surface area (Å²) in [6, 6.07) is 0. The van der Waals surface area contributed by atoms with E-state index in [4.69, 9.17) is 4.74 Å². The lowest BCUT2D eigenvalue weighted by molar-refractivity contribution is -0.148. The van der Waals surface area contributed by atoms with Crippen LogP contribution in [0.3, 0.4) is 0 Å². The summed E-state index contributed by atoms with van der Waals surface area (Å²) in [6.07, 6.45) is 19.5.